The van der Waals surface area contributed by atoms with Gasteiger partial charge in [-0.25, -0.2) is 14.0 Å². The van der Waals surface area contributed by atoms with Crippen molar-refractivity contribution < 1.29 is 37.5 Å². The van der Waals surface area contributed by atoms with Gasteiger partial charge in [-0.3, -0.25) is 10.1 Å². The first-order valence-electron chi connectivity index (χ1n) is 7.12. The number of nitro groups is 1. The molecule has 9 nitrogen and oxygen atoms in total. The molecule has 0 atom stereocenters. The summed E-state index contributed by atoms with van der Waals surface area (Å²) in [6.45, 7) is 0.260. The molecule has 0 aromatic heterocycles. The van der Waals surface area contributed by atoms with Crippen LogP contribution in [-0.2, 0) is 23.8 Å². The minimum Gasteiger partial charge on any atom is -0.466 e. The average Bonchev–Trinajstić information content (AvgIpc) is 2.64. The van der Waals surface area contributed by atoms with E-state index < -0.39 is 57.9 Å². The summed E-state index contributed by atoms with van der Waals surface area (Å²) < 4.78 is 42.8. The Morgan fingerprint density at radius 1 is 1.23 bits per heavy atom. The van der Waals surface area contributed by atoms with Gasteiger partial charge in [0.25, 0.3) is 0 Å². The standard InChI is InChI=1S/C15H14F2N2O7/c1-7-11(16)9(4-10(12(7)17)19(22)23)18-6-26-5-8(14(20)24-2)13(18)15(21)25-3/h4H,5-6H2,1-3H3. The van der Waals surface area contributed by atoms with E-state index in [9.17, 15) is 28.5 Å². The first-order chi connectivity index (χ1) is 12.2. The maximum Gasteiger partial charge on any atom is 0.355 e. The first kappa shape index (κ1) is 19.2. The Hall–Kier alpha value is -3.08. The van der Waals surface area contributed by atoms with E-state index in [0.717, 1.165) is 26.0 Å². The molecule has 0 N–H and O–H groups in total. The molecule has 1 aliphatic rings. The molecule has 0 amide bonds. The van der Waals surface area contributed by atoms with Crippen LogP contribution in [-0.4, -0.2) is 44.4 Å². The molecule has 0 fully saturated rings. The summed E-state index contributed by atoms with van der Waals surface area (Å²) in [5.41, 5.74) is -2.81. The van der Waals surface area contributed by atoms with E-state index in [2.05, 4.69) is 9.47 Å². The number of benzene rings is 1. The largest absolute Gasteiger partial charge is 0.466 e. The van der Waals surface area contributed by atoms with E-state index in [0.29, 0.717) is 6.07 Å². The van der Waals surface area contributed by atoms with E-state index in [1.807, 2.05) is 0 Å². The van der Waals surface area contributed by atoms with E-state index in [1.165, 1.54) is 0 Å². The number of halogens is 2. The van der Waals surface area contributed by atoms with Gasteiger partial charge in [-0.15, -0.1) is 0 Å². The van der Waals surface area contributed by atoms with Gasteiger partial charge in [0, 0.05) is 11.6 Å². The highest BCUT2D eigenvalue weighted by atomic mass is 19.1. The lowest BCUT2D eigenvalue weighted by molar-refractivity contribution is -0.387. The van der Waals surface area contributed by atoms with Crippen LogP contribution in [0.4, 0.5) is 20.2 Å². The Bertz CT molecular complexity index is 823. The number of methoxy groups -OCH3 is 2. The Balaban J connectivity index is 2.75. The highest BCUT2D eigenvalue weighted by Gasteiger charge is 2.35. The Morgan fingerprint density at radius 3 is 2.38 bits per heavy atom. The van der Waals surface area contributed by atoms with Gasteiger partial charge < -0.3 is 19.1 Å². The van der Waals surface area contributed by atoms with Crippen molar-refractivity contribution in [1.82, 2.24) is 0 Å². The summed E-state index contributed by atoms with van der Waals surface area (Å²) in [6.07, 6.45) is 0. The van der Waals surface area contributed by atoms with Gasteiger partial charge in [0.1, 0.15) is 12.4 Å². The molecule has 1 aromatic carbocycles. The number of nitrogens with zero attached hydrogens (tertiary/aromatic N) is 2. The normalized spacial score (nSPS) is 14.3. The number of anilines is 1. The zero-order valence-corrected chi connectivity index (χ0v) is 14.0. The summed E-state index contributed by atoms with van der Waals surface area (Å²) in [7, 11) is 2.10. The molecule has 11 heteroatoms. The topological polar surface area (TPSA) is 108 Å². The van der Waals surface area contributed by atoms with Gasteiger partial charge in [0.15, 0.2) is 5.82 Å². The number of esters is 2. The van der Waals surface area contributed by atoms with Gasteiger partial charge >= 0.3 is 17.6 Å². The number of nitro benzene ring substituents is 1. The lowest BCUT2D eigenvalue weighted by atomic mass is 10.1. The number of ether oxygens (including phenoxy) is 3. The molecule has 2 rings (SSSR count). The molecular formula is C15H14F2N2O7. The number of hydrogen-bond acceptors (Lipinski definition) is 8. The second-order valence-corrected chi connectivity index (χ2v) is 5.14. The summed E-state index contributed by atoms with van der Waals surface area (Å²) in [5, 5.41) is 11.0. The van der Waals surface area contributed by atoms with Crippen LogP contribution in [0.1, 0.15) is 5.56 Å². The molecule has 1 heterocycles. The number of rotatable bonds is 4. The molecule has 26 heavy (non-hydrogen) atoms. The third-order valence-electron chi connectivity index (χ3n) is 3.70. The zero-order valence-electron chi connectivity index (χ0n) is 14.0. The molecule has 0 bridgehead atoms. The van der Waals surface area contributed by atoms with Gasteiger partial charge in [-0.05, 0) is 6.92 Å². The van der Waals surface area contributed by atoms with Crippen LogP contribution in [0.3, 0.4) is 0 Å². The van der Waals surface area contributed by atoms with Crippen LogP contribution in [0.5, 0.6) is 0 Å². The van der Waals surface area contributed by atoms with Crippen LogP contribution in [0.25, 0.3) is 0 Å². The molecular weight excluding hydrogens is 358 g/mol. The van der Waals surface area contributed by atoms with Crippen molar-refractivity contribution in [3.63, 3.8) is 0 Å². The second kappa shape index (κ2) is 7.44. The smallest absolute Gasteiger partial charge is 0.355 e. The Morgan fingerprint density at radius 2 is 1.85 bits per heavy atom. The molecule has 1 aliphatic heterocycles. The van der Waals surface area contributed by atoms with Gasteiger partial charge in [0.05, 0.1) is 37.0 Å². The van der Waals surface area contributed by atoms with Crippen LogP contribution in [0, 0.1) is 28.7 Å². The van der Waals surface area contributed by atoms with Gasteiger partial charge in [-0.2, -0.15) is 4.39 Å². The highest BCUT2D eigenvalue weighted by molar-refractivity contribution is 6.03. The predicted molar refractivity (Wildman–Crippen MR) is 82.1 cm³/mol. The Kier molecular flexibility index (Phi) is 5.50. The van der Waals surface area contributed by atoms with Crippen LogP contribution in [0.15, 0.2) is 17.3 Å². The maximum atomic E-state index is 14.6. The minimum absolute atomic E-state index is 0.269. The van der Waals surface area contributed by atoms with E-state index in [4.69, 9.17) is 4.74 Å². The fourth-order valence-electron chi connectivity index (χ4n) is 2.40. The third kappa shape index (κ3) is 3.20. The molecule has 0 aliphatic carbocycles. The summed E-state index contributed by atoms with van der Waals surface area (Å²) in [4.78, 5) is 34.9. The second-order valence-electron chi connectivity index (χ2n) is 5.14. The SMILES string of the molecule is COC(=O)C1=C(C(=O)OC)N(c2cc([N+](=O)[O-])c(F)c(C)c2F)COC1. The maximum absolute atomic E-state index is 14.6. The zero-order chi connectivity index (χ0) is 19.6. The summed E-state index contributed by atoms with van der Waals surface area (Å²) in [6, 6.07) is 0.615. The lowest BCUT2D eigenvalue weighted by Gasteiger charge is -2.31. The number of carbonyl (C=O) groups is 2. The number of carbonyl (C=O) groups excluding carboxylic acids is 2. The molecule has 1 aromatic rings. The van der Waals surface area contributed by atoms with Crippen molar-refractivity contribution in [3.8, 4) is 0 Å². The van der Waals surface area contributed by atoms with Gasteiger partial charge in [0.2, 0.25) is 5.82 Å². The van der Waals surface area contributed by atoms with Crippen molar-refractivity contribution in [3.05, 3.63) is 44.6 Å². The number of hydrogen-bond donors (Lipinski definition) is 0. The van der Waals surface area contributed by atoms with Gasteiger partial charge in [-0.1, -0.05) is 0 Å². The summed E-state index contributed by atoms with van der Waals surface area (Å²) >= 11 is 0. The van der Waals surface area contributed by atoms with Crippen molar-refractivity contribution >= 4 is 23.3 Å². The van der Waals surface area contributed by atoms with Crippen LogP contribution < -0.4 is 4.90 Å². The molecule has 0 saturated carbocycles. The minimum atomic E-state index is -1.34. The van der Waals surface area contributed by atoms with Crippen LogP contribution in [0.2, 0.25) is 0 Å². The monoisotopic (exact) mass is 372 g/mol. The Labute approximate surface area is 145 Å². The third-order valence-corrected chi connectivity index (χ3v) is 3.70. The lowest BCUT2D eigenvalue weighted by Crippen LogP contribution is -2.39. The summed E-state index contributed by atoms with van der Waals surface area (Å²) in [5.74, 6) is -4.43. The van der Waals surface area contributed by atoms with E-state index in [-0.39, 0.29) is 12.2 Å². The van der Waals surface area contributed by atoms with Crippen molar-refractivity contribution in [2.45, 2.75) is 6.92 Å². The van der Waals surface area contributed by atoms with E-state index >= 15 is 0 Å². The molecule has 0 spiro atoms. The van der Waals surface area contributed by atoms with Crippen LogP contribution >= 0.6 is 0 Å². The predicted octanol–water partition coefficient (Wildman–Crippen LogP) is 1.58. The molecule has 140 valence electrons. The first-order valence-corrected chi connectivity index (χ1v) is 7.12. The highest BCUT2D eigenvalue weighted by Crippen LogP contribution is 2.35. The van der Waals surface area contributed by atoms with Crippen molar-refractivity contribution in [1.29, 1.82) is 0 Å². The van der Waals surface area contributed by atoms with Crippen molar-refractivity contribution in [2.75, 3.05) is 32.5 Å². The van der Waals surface area contributed by atoms with E-state index in [1.54, 1.807) is 0 Å². The molecule has 0 unspecified atom stereocenters. The van der Waals surface area contributed by atoms with Crippen molar-refractivity contribution in [2.24, 2.45) is 0 Å². The quantitative estimate of drug-likeness (QED) is 0.445. The fraction of sp³-hybridized carbons (Fsp3) is 0.333. The molecule has 0 saturated heterocycles. The molecule has 0 radical (unpaired) electrons. The average molecular weight is 372 g/mol. The fourth-order valence-corrected chi connectivity index (χ4v) is 2.40.